The van der Waals surface area contributed by atoms with Crippen molar-refractivity contribution >= 4 is 6.09 Å². The van der Waals surface area contributed by atoms with Crippen molar-refractivity contribution in [1.29, 1.82) is 0 Å². The molecule has 0 aliphatic carbocycles. The molecule has 0 atom stereocenters. The largest absolute Gasteiger partial charge is 0.497 e. The molecule has 0 saturated heterocycles. The predicted octanol–water partition coefficient (Wildman–Crippen LogP) is 3.68. The van der Waals surface area contributed by atoms with Crippen molar-refractivity contribution in [1.82, 2.24) is 4.90 Å². The number of carbonyl (C=O) groups is 1. The van der Waals surface area contributed by atoms with Crippen LogP contribution >= 0.6 is 0 Å². The monoisotopic (exact) mass is 328 g/mol. The zero-order valence-corrected chi connectivity index (χ0v) is 14.0. The van der Waals surface area contributed by atoms with Gasteiger partial charge in [0.2, 0.25) is 0 Å². The van der Waals surface area contributed by atoms with Gasteiger partial charge in [-0.05, 0) is 42.3 Å². The molecule has 5 nitrogen and oxygen atoms in total. The standard InChI is InChI=1S/C19H22NO4/c1-4-24-19(21)20(13-15-5-9-17(22-2)10-6-15)14-16-7-11-18(23-3)12-8-16/h5-12H,1,4,13-14H2,2-3H3. The number of hydrogen-bond donors (Lipinski definition) is 0. The lowest BCUT2D eigenvalue weighted by atomic mass is 10.1. The molecule has 24 heavy (non-hydrogen) atoms. The molecule has 2 aromatic rings. The molecule has 0 heterocycles. The Morgan fingerprint density at radius 3 is 1.62 bits per heavy atom. The Balaban J connectivity index is 2.11. The smallest absolute Gasteiger partial charge is 0.410 e. The molecule has 127 valence electrons. The van der Waals surface area contributed by atoms with Gasteiger partial charge >= 0.3 is 6.09 Å². The summed E-state index contributed by atoms with van der Waals surface area (Å²) in [4.78, 5) is 13.8. The number of benzene rings is 2. The minimum absolute atomic E-state index is 0.0978. The van der Waals surface area contributed by atoms with Gasteiger partial charge in [-0.1, -0.05) is 24.3 Å². The molecule has 0 unspecified atom stereocenters. The van der Waals surface area contributed by atoms with E-state index in [0.717, 1.165) is 22.6 Å². The lowest BCUT2D eigenvalue weighted by Crippen LogP contribution is -2.30. The van der Waals surface area contributed by atoms with Crippen LogP contribution in [0, 0.1) is 6.92 Å². The molecular weight excluding hydrogens is 306 g/mol. The van der Waals surface area contributed by atoms with E-state index in [1.165, 1.54) is 0 Å². The van der Waals surface area contributed by atoms with Crippen LogP contribution in [0.2, 0.25) is 0 Å². The van der Waals surface area contributed by atoms with Crippen molar-refractivity contribution in [2.45, 2.75) is 13.1 Å². The third-order valence-corrected chi connectivity index (χ3v) is 3.55. The van der Waals surface area contributed by atoms with Crippen LogP contribution in [0.15, 0.2) is 48.5 Å². The zero-order chi connectivity index (χ0) is 17.4. The lowest BCUT2D eigenvalue weighted by molar-refractivity contribution is 0.106. The van der Waals surface area contributed by atoms with E-state index in [9.17, 15) is 4.79 Å². The van der Waals surface area contributed by atoms with Gasteiger partial charge < -0.3 is 14.2 Å². The van der Waals surface area contributed by atoms with E-state index in [2.05, 4.69) is 6.92 Å². The number of hydrogen-bond acceptors (Lipinski definition) is 4. The average molecular weight is 328 g/mol. The summed E-state index contributed by atoms with van der Waals surface area (Å²) in [7, 11) is 3.24. The summed E-state index contributed by atoms with van der Waals surface area (Å²) >= 11 is 0. The number of nitrogens with zero attached hydrogens (tertiary/aromatic N) is 1. The van der Waals surface area contributed by atoms with Gasteiger partial charge in [0.05, 0.1) is 20.8 Å². The van der Waals surface area contributed by atoms with Gasteiger partial charge in [-0.25, -0.2) is 4.79 Å². The van der Waals surface area contributed by atoms with Crippen molar-refractivity contribution in [2.75, 3.05) is 20.8 Å². The summed E-state index contributed by atoms with van der Waals surface area (Å²) in [6.07, 6.45) is -0.392. The summed E-state index contributed by atoms with van der Waals surface area (Å²) < 4.78 is 15.4. The molecule has 1 radical (unpaired) electrons. The Bertz CT molecular complexity index is 588. The summed E-state index contributed by atoms with van der Waals surface area (Å²) in [5.41, 5.74) is 1.98. The van der Waals surface area contributed by atoms with E-state index in [1.807, 2.05) is 48.5 Å². The molecule has 0 aliphatic rings. The van der Waals surface area contributed by atoms with E-state index in [1.54, 1.807) is 19.1 Å². The highest BCUT2D eigenvalue weighted by atomic mass is 16.6. The van der Waals surface area contributed by atoms with Gasteiger partial charge in [0.1, 0.15) is 11.5 Å². The van der Waals surface area contributed by atoms with Crippen LogP contribution in [0.5, 0.6) is 11.5 Å². The summed E-state index contributed by atoms with van der Waals surface area (Å²) in [6.45, 7) is 4.54. The molecule has 2 aromatic carbocycles. The molecule has 1 amide bonds. The van der Waals surface area contributed by atoms with Crippen molar-refractivity contribution in [3.8, 4) is 11.5 Å². The highest BCUT2D eigenvalue weighted by molar-refractivity contribution is 5.67. The first kappa shape index (κ1) is 17.7. The fourth-order valence-corrected chi connectivity index (χ4v) is 2.27. The normalized spacial score (nSPS) is 10.1. The van der Waals surface area contributed by atoms with Crippen LogP contribution in [0.3, 0.4) is 0 Å². The molecule has 0 N–H and O–H groups in total. The first-order valence-corrected chi connectivity index (χ1v) is 7.63. The minimum Gasteiger partial charge on any atom is -0.497 e. The minimum atomic E-state index is -0.392. The van der Waals surface area contributed by atoms with E-state index >= 15 is 0 Å². The van der Waals surface area contributed by atoms with Crippen LogP contribution in [0.4, 0.5) is 4.79 Å². The van der Waals surface area contributed by atoms with Gasteiger partial charge in [0.15, 0.2) is 0 Å². The van der Waals surface area contributed by atoms with Crippen LogP contribution in [0.25, 0.3) is 0 Å². The Hall–Kier alpha value is -2.69. The number of rotatable bonds is 7. The lowest BCUT2D eigenvalue weighted by Gasteiger charge is -2.22. The van der Waals surface area contributed by atoms with Gasteiger partial charge in [-0.3, -0.25) is 4.90 Å². The fraction of sp³-hybridized carbons (Fsp3) is 0.263. The van der Waals surface area contributed by atoms with Gasteiger partial charge in [-0.15, -0.1) is 0 Å². The Morgan fingerprint density at radius 2 is 1.29 bits per heavy atom. The Morgan fingerprint density at radius 1 is 0.875 bits per heavy atom. The topological polar surface area (TPSA) is 48.0 Å². The van der Waals surface area contributed by atoms with Crippen molar-refractivity contribution in [3.05, 3.63) is 66.6 Å². The van der Waals surface area contributed by atoms with Gasteiger partial charge in [0.25, 0.3) is 0 Å². The van der Waals surface area contributed by atoms with E-state index in [4.69, 9.17) is 14.2 Å². The van der Waals surface area contributed by atoms with E-state index in [-0.39, 0.29) is 6.61 Å². The molecule has 2 rings (SSSR count). The van der Waals surface area contributed by atoms with E-state index < -0.39 is 6.09 Å². The number of carbonyl (C=O) groups excluding carboxylic acids is 1. The molecule has 0 aromatic heterocycles. The molecule has 5 heteroatoms. The van der Waals surface area contributed by atoms with Crippen molar-refractivity contribution < 1.29 is 19.0 Å². The van der Waals surface area contributed by atoms with Crippen LogP contribution in [-0.4, -0.2) is 31.8 Å². The maximum absolute atomic E-state index is 12.2. The highest BCUT2D eigenvalue weighted by Crippen LogP contribution is 2.17. The van der Waals surface area contributed by atoms with Crippen LogP contribution < -0.4 is 9.47 Å². The SMILES string of the molecule is [CH2]COC(=O)N(Cc1ccc(OC)cc1)Cc1ccc(OC)cc1. The van der Waals surface area contributed by atoms with Crippen molar-refractivity contribution in [2.24, 2.45) is 0 Å². The quantitative estimate of drug-likeness (QED) is 0.778. The molecule has 0 aliphatic heterocycles. The number of amides is 1. The molecule has 0 saturated carbocycles. The maximum atomic E-state index is 12.2. The first-order valence-electron chi connectivity index (χ1n) is 7.63. The number of methoxy groups -OCH3 is 2. The molecule has 0 bridgehead atoms. The van der Waals surface area contributed by atoms with Crippen LogP contribution in [0.1, 0.15) is 11.1 Å². The Kier molecular flexibility index (Phi) is 6.49. The molecule has 0 spiro atoms. The summed E-state index contributed by atoms with van der Waals surface area (Å²) in [5.74, 6) is 1.56. The van der Waals surface area contributed by atoms with Crippen LogP contribution in [-0.2, 0) is 17.8 Å². The van der Waals surface area contributed by atoms with E-state index in [0.29, 0.717) is 13.1 Å². The zero-order valence-electron chi connectivity index (χ0n) is 14.0. The summed E-state index contributed by atoms with van der Waals surface area (Å²) in [5, 5.41) is 0. The number of ether oxygens (including phenoxy) is 3. The first-order chi connectivity index (χ1) is 11.7. The predicted molar refractivity (Wildman–Crippen MR) is 91.9 cm³/mol. The second kappa shape index (κ2) is 8.82. The molecule has 0 fully saturated rings. The highest BCUT2D eigenvalue weighted by Gasteiger charge is 2.16. The maximum Gasteiger partial charge on any atom is 0.410 e. The third kappa shape index (κ3) is 4.91. The van der Waals surface area contributed by atoms with Gasteiger partial charge in [0, 0.05) is 13.1 Å². The fourth-order valence-electron chi connectivity index (χ4n) is 2.27. The molecular formula is C19H22NO4. The Labute approximate surface area is 142 Å². The van der Waals surface area contributed by atoms with Crippen molar-refractivity contribution in [3.63, 3.8) is 0 Å². The van der Waals surface area contributed by atoms with Gasteiger partial charge in [-0.2, -0.15) is 0 Å². The second-order valence-corrected chi connectivity index (χ2v) is 5.17. The third-order valence-electron chi connectivity index (χ3n) is 3.55. The average Bonchev–Trinajstić information content (AvgIpc) is 2.62. The summed E-state index contributed by atoms with van der Waals surface area (Å²) in [6, 6.07) is 15.2. The second-order valence-electron chi connectivity index (χ2n) is 5.17.